The predicted molar refractivity (Wildman–Crippen MR) is 195 cm³/mol. The third-order valence-corrected chi connectivity index (χ3v) is 10.00. The molecule has 0 aromatic carbocycles. The molecule has 0 aliphatic rings. The molecule has 0 aliphatic heterocycles. The molecule has 9 nitrogen and oxygen atoms in total. The maximum atomic E-state index is 12.7. The number of carbonyl (C=O) groups is 1. The Hall–Kier alpha value is -0.540. The molecule has 4 unspecified atom stereocenters. The van der Waals surface area contributed by atoms with Crippen LogP contribution in [0.25, 0.3) is 0 Å². The monoisotopic (exact) mass is 693 g/mol. The summed E-state index contributed by atoms with van der Waals surface area (Å²) in [7, 11) is -4.36. The SMILES string of the molecule is CCCCCCCCCCCCCCCCCCCC(O)CC(=O)NC(COP(=O)(O)OCCN)C(O)CCCCCCCCCC. The zero-order valence-corrected chi connectivity index (χ0v) is 31.5. The fraction of sp³-hybridized carbons (Fsp3) is 0.973. The Kier molecular flexibility index (Phi) is 33.5. The molecule has 0 aromatic rings. The van der Waals surface area contributed by atoms with Crippen molar-refractivity contribution in [1.29, 1.82) is 0 Å². The van der Waals surface area contributed by atoms with Gasteiger partial charge in [-0.05, 0) is 12.8 Å². The maximum Gasteiger partial charge on any atom is 0.472 e. The number of phosphoric ester groups is 1. The van der Waals surface area contributed by atoms with Gasteiger partial charge in [-0.25, -0.2) is 4.57 Å². The van der Waals surface area contributed by atoms with E-state index in [9.17, 15) is 24.5 Å². The molecule has 0 aliphatic carbocycles. The average molecular weight is 693 g/mol. The third kappa shape index (κ3) is 32.4. The van der Waals surface area contributed by atoms with Gasteiger partial charge in [-0.15, -0.1) is 0 Å². The van der Waals surface area contributed by atoms with E-state index >= 15 is 0 Å². The number of phosphoric acid groups is 1. The van der Waals surface area contributed by atoms with Gasteiger partial charge >= 0.3 is 7.82 Å². The van der Waals surface area contributed by atoms with E-state index in [1.54, 1.807) is 0 Å². The van der Waals surface area contributed by atoms with Crippen LogP contribution in [0.3, 0.4) is 0 Å². The predicted octanol–water partition coefficient (Wildman–Crippen LogP) is 9.25. The highest BCUT2D eigenvalue weighted by atomic mass is 31.2. The standard InChI is InChI=1S/C37H77N2O7P/c1-3-5-7-9-11-13-14-15-16-17-18-19-20-21-22-24-26-28-34(40)32-37(42)39-35(33-46-47(43,44)45-31-30-38)36(41)29-27-25-23-12-10-8-6-4-2/h34-36,40-41H,3-33,38H2,1-2H3,(H,39,42)(H,43,44). The summed E-state index contributed by atoms with van der Waals surface area (Å²) < 4.78 is 22.0. The Bertz CT molecular complexity index is 731. The van der Waals surface area contributed by atoms with E-state index in [-0.39, 0.29) is 26.2 Å². The van der Waals surface area contributed by atoms with Crippen LogP contribution in [0.15, 0.2) is 0 Å². The van der Waals surface area contributed by atoms with Crippen LogP contribution in [-0.2, 0) is 18.4 Å². The summed E-state index contributed by atoms with van der Waals surface area (Å²) in [5.74, 6) is -0.413. The summed E-state index contributed by atoms with van der Waals surface area (Å²) in [4.78, 5) is 22.6. The van der Waals surface area contributed by atoms with Gasteiger partial charge in [-0.1, -0.05) is 174 Å². The molecule has 0 aromatic heterocycles. The second-order valence-corrected chi connectivity index (χ2v) is 15.1. The van der Waals surface area contributed by atoms with Crippen molar-refractivity contribution < 1.29 is 33.5 Å². The number of rotatable bonds is 37. The first-order chi connectivity index (χ1) is 22.8. The molecule has 0 spiro atoms. The van der Waals surface area contributed by atoms with Crippen LogP contribution in [0.5, 0.6) is 0 Å². The van der Waals surface area contributed by atoms with Gasteiger partial charge in [0.25, 0.3) is 0 Å². The van der Waals surface area contributed by atoms with Crippen molar-refractivity contribution in [2.45, 2.75) is 212 Å². The lowest BCUT2D eigenvalue weighted by Gasteiger charge is -2.25. The molecule has 0 saturated heterocycles. The minimum absolute atomic E-state index is 0.0620. The molecule has 6 N–H and O–H groups in total. The topological polar surface area (TPSA) is 151 Å². The van der Waals surface area contributed by atoms with Gasteiger partial charge in [-0.2, -0.15) is 0 Å². The van der Waals surface area contributed by atoms with Crippen molar-refractivity contribution in [3.05, 3.63) is 0 Å². The fourth-order valence-electron chi connectivity index (χ4n) is 6.00. The van der Waals surface area contributed by atoms with E-state index in [0.29, 0.717) is 12.8 Å². The summed E-state index contributed by atoms with van der Waals surface area (Å²) in [6, 6.07) is -0.887. The molecule has 0 rings (SSSR count). The molecule has 0 saturated carbocycles. The smallest absolute Gasteiger partial charge is 0.393 e. The first-order valence-electron chi connectivity index (χ1n) is 19.7. The molecule has 1 amide bonds. The van der Waals surface area contributed by atoms with E-state index in [1.807, 2.05) is 0 Å². The normalized spacial score (nSPS) is 14.9. The molecule has 10 heteroatoms. The molecule has 0 heterocycles. The lowest BCUT2D eigenvalue weighted by molar-refractivity contribution is -0.125. The minimum Gasteiger partial charge on any atom is -0.393 e. The Balaban J connectivity index is 4.18. The van der Waals surface area contributed by atoms with Gasteiger partial charge in [0.05, 0.1) is 37.9 Å². The Morgan fingerprint density at radius 2 is 1.02 bits per heavy atom. The van der Waals surface area contributed by atoms with Gasteiger partial charge < -0.3 is 26.2 Å². The van der Waals surface area contributed by atoms with E-state index in [0.717, 1.165) is 38.5 Å². The lowest BCUT2D eigenvalue weighted by atomic mass is 10.0. The number of aliphatic hydroxyl groups is 2. The number of unbranched alkanes of at least 4 members (excludes halogenated alkanes) is 23. The zero-order valence-electron chi connectivity index (χ0n) is 30.7. The summed E-state index contributed by atoms with van der Waals surface area (Å²) in [5, 5.41) is 24.0. The van der Waals surface area contributed by atoms with Gasteiger partial charge in [0.2, 0.25) is 5.91 Å². The van der Waals surface area contributed by atoms with Crippen molar-refractivity contribution in [2.24, 2.45) is 5.73 Å². The van der Waals surface area contributed by atoms with Crippen LogP contribution < -0.4 is 11.1 Å². The molecule has 0 radical (unpaired) electrons. The van der Waals surface area contributed by atoms with Gasteiger partial charge in [0.1, 0.15) is 0 Å². The molecule has 0 bridgehead atoms. The second kappa shape index (κ2) is 33.9. The number of hydrogen-bond acceptors (Lipinski definition) is 7. The first-order valence-corrected chi connectivity index (χ1v) is 21.2. The van der Waals surface area contributed by atoms with Crippen LogP contribution in [0, 0.1) is 0 Å². The highest BCUT2D eigenvalue weighted by molar-refractivity contribution is 7.47. The van der Waals surface area contributed by atoms with Crippen LogP contribution >= 0.6 is 7.82 Å². The maximum absolute atomic E-state index is 12.7. The van der Waals surface area contributed by atoms with Gasteiger partial charge in [0, 0.05) is 6.54 Å². The van der Waals surface area contributed by atoms with Gasteiger partial charge in [-0.3, -0.25) is 13.8 Å². The highest BCUT2D eigenvalue weighted by Crippen LogP contribution is 2.43. The van der Waals surface area contributed by atoms with E-state index in [4.69, 9.17) is 14.8 Å². The number of nitrogens with two attached hydrogens (primary N) is 1. The lowest BCUT2D eigenvalue weighted by Crippen LogP contribution is -2.47. The zero-order chi connectivity index (χ0) is 34.9. The molecular weight excluding hydrogens is 615 g/mol. The van der Waals surface area contributed by atoms with E-state index < -0.39 is 32.0 Å². The van der Waals surface area contributed by atoms with Crippen molar-refractivity contribution in [1.82, 2.24) is 5.32 Å². The number of carbonyl (C=O) groups excluding carboxylic acids is 1. The fourth-order valence-corrected chi connectivity index (χ4v) is 6.76. The minimum atomic E-state index is -4.36. The van der Waals surface area contributed by atoms with Gasteiger partial charge in [0.15, 0.2) is 0 Å². The summed E-state index contributed by atoms with van der Waals surface area (Å²) in [6.07, 6.45) is 30.2. The summed E-state index contributed by atoms with van der Waals surface area (Å²) in [5.41, 5.74) is 5.34. The third-order valence-electron chi connectivity index (χ3n) is 9.02. The van der Waals surface area contributed by atoms with Crippen molar-refractivity contribution in [3.8, 4) is 0 Å². The van der Waals surface area contributed by atoms with Crippen molar-refractivity contribution >= 4 is 13.7 Å². The van der Waals surface area contributed by atoms with Crippen LogP contribution in [0.1, 0.15) is 194 Å². The number of nitrogens with one attached hydrogen (secondary N) is 1. The molecular formula is C37H77N2O7P. The Morgan fingerprint density at radius 1 is 0.638 bits per heavy atom. The molecule has 47 heavy (non-hydrogen) atoms. The first kappa shape index (κ1) is 46.5. The second-order valence-electron chi connectivity index (χ2n) is 13.7. The largest absolute Gasteiger partial charge is 0.472 e. The Morgan fingerprint density at radius 3 is 1.43 bits per heavy atom. The van der Waals surface area contributed by atoms with E-state index in [2.05, 4.69) is 19.2 Å². The quantitative estimate of drug-likeness (QED) is 0.0319. The summed E-state index contributed by atoms with van der Waals surface area (Å²) >= 11 is 0. The number of aliphatic hydroxyl groups excluding tert-OH is 2. The number of hydrogen-bond donors (Lipinski definition) is 5. The molecule has 4 atom stereocenters. The van der Waals surface area contributed by atoms with Crippen LogP contribution in [0.2, 0.25) is 0 Å². The molecule has 282 valence electrons. The Labute approximate surface area is 289 Å². The van der Waals surface area contributed by atoms with Crippen LogP contribution in [-0.4, -0.2) is 59.0 Å². The average Bonchev–Trinajstić information content (AvgIpc) is 3.04. The van der Waals surface area contributed by atoms with Crippen LogP contribution in [0.4, 0.5) is 0 Å². The highest BCUT2D eigenvalue weighted by Gasteiger charge is 2.28. The number of amides is 1. The van der Waals surface area contributed by atoms with Crippen molar-refractivity contribution in [3.63, 3.8) is 0 Å². The summed E-state index contributed by atoms with van der Waals surface area (Å²) in [6.45, 7) is 4.01. The molecule has 0 fully saturated rings. The van der Waals surface area contributed by atoms with E-state index in [1.165, 1.54) is 122 Å². The van der Waals surface area contributed by atoms with Crippen molar-refractivity contribution in [2.75, 3.05) is 19.8 Å².